The van der Waals surface area contributed by atoms with Gasteiger partial charge in [0.1, 0.15) is 94.2 Å². The summed E-state index contributed by atoms with van der Waals surface area (Å²) in [6.07, 6.45) is -6.77. The zero-order chi connectivity index (χ0) is 82.6. The summed E-state index contributed by atoms with van der Waals surface area (Å²) in [5.41, 5.74) is -3.82. The predicted molar refractivity (Wildman–Crippen MR) is 385 cm³/mol. The SMILES string of the molecule is CC(=O)N[C@H]1[C@H]2OC[C@@](COCCOCCOCCOCCn3cc(COCC(COCc4cn(CCOCCOCCOCCOC[C@]56CO[C@@H](O5)[C@H](NC(C)=O)[C@@H](O)[C@H]6O)nn4)(COCc4cn(CCOCCOCCOCCOC[C@]56CO[C@@H](O5)[C@H](NC(C)=O)[C@@H](O)[C@H]6O)nn4)NC(=O)CCCNC(=O)O)nn3)(O2)[C@H](O)[C@@H]1O. The summed E-state index contributed by atoms with van der Waals surface area (Å²) in [6.45, 7) is 9.55. The largest absolute Gasteiger partial charge is 0.465 e. The van der Waals surface area contributed by atoms with E-state index < -0.39 is 126 Å². The minimum Gasteiger partial charge on any atom is -0.465 e. The van der Waals surface area contributed by atoms with Gasteiger partial charge in [-0.3, -0.25) is 19.2 Å². The number of carboxylic acid groups (broad SMARTS) is 1. The number of aliphatic hydroxyl groups is 6. The third-order valence-electron chi connectivity index (χ3n) is 18.9. The van der Waals surface area contributed by atoms with E-state index >= 15 is 0 Å². The van der Waals surface area contributed by atoms with Crippen molar-refractivity contribution in [2.45, 2.75) is 169 Å². The van der Waals surface area contributed by atoms with Gasteiger partial charge in [0.05, 0.1) is 256 Å². The van der Waals surface area contributed by atoms with Crippen LogP contribution in [0.5, 0.6) is 0 Å². The molecular formula is C69H114N14O33. The standard InChI is InChI=1S/C69H114N14O33/c1-46(84)71-53-56(88)59(91)67(43-111-62(53)114-67)40-105-28-25-102-22-19-99-16-13-96-10-7-81-31-49(75-78-81)34-108-37-66(74-52(87)5-4-6-70-65(94)95,38-109-35-50-32-82(79-76-50)8-11-97-14-17-100-20-23-103-26-29-106-41-68-44-112-63(115-68)54(72-47(2)85)57(89)60(68)92)39-110-36-51-33-83(80-77-51)9-12-98-15-18-101-21-24-104-27-30-107-42-69-45-113-64(116-69)55(73-48(3)86)58(90)61(69)93/h31-33,53-64,70,88-93H,4-30,34-45H2,1-3H3,(H,71,84)(H,72,85)(H,73,86)(H,74,87)(H,94,95)/t53-,54-,55-,56-,57-,58-,59-,60-,61-,62+,63+,64+,67-,68-,69-/m1/s1. The van der Waals surface area contributed by atoms with Crippen molar-refractivity contribution in [3.63, 3.8) is 0 Å². The highest BCUT2D eigenvalue weighted by Gasteiger charge is 2.62. The molecular weight excluding hydrogens is 1550 g/mol. The summed E-state index contributed by atoms with van der Waals surface area (Å²) >= 11 is 0. The van der Waals surface area contributed by atoms with Crippen LogP contribution in [0.2, 0.25) is 0 Å². The average Bonchev–Trinajstić information content (AvgIpc) is 1.60. The van der Waals surface area contributed by atoms with E-state index in [0.717, 1.165) is 0 Å². The number of carbonyl (C=O) groups is 5. The fourth-order valence-corrected chi connectivity index (χ4v) is 13.0. The van der Waals surface area contributed by atoms with Crippen molar-refractivity contribution in [2.24, 2.45) is 0 Å². The number of aliphatic hydroxyl groups excluding tert-OH is 6. The quantitative estimate of drug-likeness (QED) is 0.0234. The molecule has 0 aliphatic carbocycles. The molecule has 6 saturated heterocycles. The number of amides is 5. The van der Waals surface area contributed by atoms with Gasteiger partial charge in [0.25, 0.3) is 0 Å². The molecule has 5 amide bonds. The maximum Gasteiger partial charge on any atom is 0.404 e. The van der Waals surface area contributed by atoms with E-state index in [1.807, 2.05) is 0 Å². The minimum atomic E-state index is -1.37. The predicted octanol–water partition coefficient (Wildman–Crippen LogP) is -7.43. The van der Waals surface area contributed by atoms with Crippen LogP contribution in [0.15, 0.2) is 18.6 Å². The number of fused-ring (bicyclic) bond motifs is 6. The first-order valence-electron chi connectivity index (χ1n) is 38.5. The van der Waals surface area contributed by atoms with E-state index in [-0.39, 0.29) is 198 Å². The zero-order valence-electron chi connectivity index (χ0n) is 65.5. The lowest BCUT2D eigenvalue weighted by atomic mass is 9.88. The Hall–Kier alpha value is -6.51. The van der Waals surface area contributed by atoms with Crippen LogP contribution in [0, 0.1) is 0 Å². The molecule has 0 aromatic carbocycles. The second-order valence-corrected chi connectivity index (χ2v) is 28.3. The van der Waals surface area contributed by atoms with Crippen LogP contribution in [0.4, 0.5) is 4.79 Å². The van der Waals surface area contributed by atoms with Crippen molar-refractivity contribution in [3.05, 3.63) is 35.7 Å². The average molecular weight is 1670 g/mol. The Balaban J connectivity index is 0.669. The van der Waals surface area contributed by atoms with Crippen molar-refractivity contribution in [2.75, 3.05) is 205 Å². The monoisotopic (exact) mass is 1670 g/mol. The van der Waals surface area contributed by atoms with Crippen LogP contribution in [-0.2, 0) is 158 Å². The Bertz CT molecular complexity index is 3070. The summed E-state index contributed by atoms with van der Waals surface area (Å²) in [5, 5.41) is 112. The molecule has 0 unspecified atom stereocenters. The van der Waals surface area contributed by atoms with E-state index in [1.54, 1.807) is 32.6 Å². The van der Waals surface area contributed by atoms with Gasteiger partial charge >= 0.3 is 6.09 Å². The summed E-state index contributed by atoms with van der Waals surface area (Å²) < 4.78 is 126. The van der Waals surface area contributed by atoms with Gasteiger partial charge in [-0.15, -0.1) is 15.3 Å². The van der Waals surface area contributed by atoms with Crippen LogP contribution in [0.25, 0.3) is 0 Å². The molecule has 9 heterocycles. The van der Waals surface area contributed by atoms with Gasteiger partial charge in [-0.1, -0.05) is 15.6 Å². The molecule has 47 heteroatoms. The van der Waals surface area contributed by atoms with Crippen molar-refractivity contribution >= 4 is 29.7 Å². The molecule has 3 aromatic heterocycles. The summed E-state index contributed by atoms with van der Waals surface area (Å²) in [5.74, 6) is -1.63. The molecule has 0 radical (unpaired) electrons. The van der Waals surface area contributed by atoms with Gasteiger partial charge < -0.3 is 162 Å². The summed E-state index contributed by atoms with van der Waals surface area (Å²) in [6, 6.07) is -2.74. The lowest BCUT2D eigenvalue weighted by molar-refractivity contribution is -0.238. The van der Waals surface area contributed by atoms with E-state index in [1.165, 1.54) is 20.8 Å². The van der Waals surface area contributed by atoms with Gasteiger partial charge in [-0.05, 0) is 6.42 Å². The van der Waals surface area contributed by atoms with E-state index in [2.05, 4.69) is 57.5 Å². The van der Waals surface area contributed by atoms with Crippen molar-refractivity contribution in [3.8, 4) is 0 Å². The van der Waals surface area contributed by atoms with Gasteiger partial charge in [0.15, 0.2) is 18.9 Å². The Labute approximate surface area is 667 Å². The molecule has 658 valence electrons. The first kappa shape index (κ1) is 93.4. The number of hydrogen-bond acceptors (Lipinski definition) is 38. The number of carbonyl (C=O) groups excluding carboxylic acids is 4. The van der Waals surface area contributed by atoms with Crippen LogP contribution >= 0.6 is 0 Å². The normalized spacial score (nSPS) is 26.7. The maximum absolute atomic E-state index is 13.8. The lowest BCUT2D eigenvalue weighted by Crippen LogP contribution is -2.66. The molecule has 15 atom stereocenters. The minimum absolute atomic E-state index is 0.0169. The molecule has 116 heavy (non-hydrogen) atoms. The van der Waals surface area contributed by atoms with Crippen LogP contribution in [0.1, 0.15) is 50.7 Å². The number of nitrogens with zero attached hydrogens (tertiary/aromatic N) is 9. The topological polar surface area (TPSA) is 573 Å². The smallest absolute Gasteiger partial charge is 0.404 e. The van der Waals surface area contributed by atoms with Crippen molar-refractivity contribution in [1.29, 1.82) is 0 Å². The Morgan fingerprint density at radius 1 is 0.422 bits per heavy atom. The number of hydrogen-bond donors (Lipinski definition) is 12. The Morgan fingerprint density at radius 2 is 0.698 bits per heavy atom. The van der Waals surface area contributed by atoms with Gasteiger partial charge in [0.2, 0.25) is 23.6 Å². The highest BCUT2D eigenvalue weighted by molar-refractivity contribution is 5.77. The van der Waals surface area contributed by atoms with Crippen LogP contribution in [0.3, 0.4) is 0 Å². The number of ether oxygens (including phenoxy) is 21. The van der Waals surface area contributed by atoms with Gasteiger partial charge in [0, 0.05) is 33.7 Å². The molecule has 0 saturated carbocycles. The van der Waals surface area contributed by atoms with Crippen LogP contribution in [-0.4, -0.2) is 411 Å². The maximum atomic E-state index is 13.8. The fraction of sp³-hybridized carbons (Fsp3) is 0.841. The number of rotatable bonds is 62. The highest BCUT2D eigenvalue weighted by atomic mass is 16.8. The van der Waals surface area contributed by atoms with Gasteiger partial charge in [-0.25, -0.2) is 18.8 Å². The second kappa shape index (κ2) is 48.7. The summed E-state index contributed by atoms with van der Waals surface area (Å²) in [4.78, 5) is 59.7. The Morgan fingerprint density at radius 3 is 0.974 bits per heavy atom. The fourth-order valence-electron chi connectivity index (χ4n) is 13.0. The summed E-state index contributed by atoms with van der Waals surface area (Å²) in [7, 11) is 0. The van der Waals surface area contributed by atoms with Crippen molar-refractivity contribution < 1.29 is 159 Å². The lowest BCUT2D eigenvalue weighted by Gasteiger charge is -2.42. The highest BCUT2D eigenvalue weighted by Crippen LogP contribution is 2.40. The molecule has 6 aliphatic heterocycles. The van der Waals surface area contributed by atoms with Crippen molar-refractivity contribution in [1.82, 2.24) is 71.6 Å². The number of aromatic nitrogens is 9. The molecule has 0 spiro atoms. The second-order valence-electron chi connectivity index (χ2n) is 28.3. The molecule has 47 nitrogen and oxygen atoms in total. The molecule has 3 aromatic rings. The Kier molecular flexibility index (Phi) is 39.2. The molecule has 6 aliphatic rings. The first-order valence-corrected chi connectivity index (χ1v) is 38.5. The molecule has 12 N–H and O–H groups in total. The first-order chi connectivity index (χ1) is 56.1. The molecule has 9 rings (SSSR count). The molecule has 6 fully saturated rings. The number of nitrogens with one attached hydrogen (secondary N) is 5. The molecule has 6 bridgehead atoms. The van der Waals surface area contributed by atoms with E-state index in [4.69, 9.17) is 99.5 Å². The van der Waals surface area contributed by atoms with Crippen LogP contribution < -0.4 is 26.6 Å². The zero-order valence-corrected chi connectivity index (χ0v) is 65.5. The third-order valence-corrected chi connectivity index (χ3v) is 18.9. The van der Waals surface area contributed by atoms with E-state index in [9.17, 15) is 59.7 Å². The van der Waals surface area contributed by atoms with Gasteiger partial charge in [-0.2, -0.15) is 0 Å². The third kappa shape index (κ3) is 29.4. The van der Waals surface area contributed by atoms with E-state index in [0.29, 0.717) is 76.4 Å².